The lowest BCUT2D eigenvalue weighted by molar-refractivity contribution is 0.234. The summed E-state index contributed by atoms with van der Waals surface area (Å²) in [6, 6.07) is 3.22. The standard InChI is InChI=1S/C10H15ClN2O3S/c1-8(2)16-10-9(4-3-6-12-10)13-17(14,15)7-5-11/h3-4,6,8,13H,5,7H2,1-2H3. The molecular formula is C10H15ClN2O3S. The Morgan fingerprint density at radius 2 is 2.24 bits per heavy atom. The highest BCUT2D eigenvalue weighted by Gasteiger charge is 2.14. The number of nitrogens with zero attached hydrogens (tertiary/aromatic N) is 1. The Morgan fingerprint density at radius 3 is 2.82 bits per heavy atom. The van der Waals surface area contributed by atoms with Gasteiger partial charge in [-0.15, -0.1) is 11.6 Å². The summed E-state index contributed by atoms with van der Waals surface area (Å²) in [5, 5.41) is 0. The van der Waals surface area contributed by atoms with Crippen LogP contribution in [-0.2, 0) is 10.0 Å². The Kier molecular flexibility index (Phi) is 5.02. The molecule has 0 bridgehead atoms. The Hall–Kier alpha value is -1.01. The van der Waals surface area contributed by atoms with E-state index in [4.69, 9.17) is 16.3 Å². The number of ether oxygens (including phenoxy) is 1. The lowest BCUT2D eigenvalue weighted by atomic mass is 10.4. The Bertz CT molecular complexity index is 462. The predicted octanol–water partition coefficient (Wildman–Crippen LogP) is 1.85. The van der Waals surface area contributed by atoms with Crippen LogP contribution in [0.1, 0.15) is 13.8 Å². The second-order valence-corrected chi connectivity index (χ2v) is 5.85. The van der Waals surface area contributed by atoms with Gasteiger partial charge in [0.25, 0.3) is 0 Å². The van der Waals surface area contributed by atoms with Crippen molar-refractivity contribution in [3.05, 3.63) is 18.3 Å². The van der Waals surface area contributed by atoms with Crippen LogP contribution >= 0.6 is 11.6 Å². The van der Waals surface area contributed by atoms with Crippen molar-refractivity contribution in [1.82, 2.24) is 4.98 Å². The van der Waals surface area contributed by atoms with Crippen molar-refractivity contribution in [2.24, 2.45) is 0 Å². The zero-order valence-corrected chi connectivity index (χ0v) is 11.3. The van der Waals surface area contributed by atoms with Gasteiger partial charge in [-0.3, -0.25) is 4.72 Å². The third-order valence-corrected chi connectivity index (χ3v) is 3.42. The fourth-order valence-electron chi connectivity index (χ4n) is 1.11. The summed E-state index contributed by atoms with van der Waals surface area (Å²) >= 11 is 5.41. The van der Waals surface area contributed by atoms with Crippen LogP contribution < -0.4 is 9.46 Å². The maximum Gasteiger partial charge on any atom is 0.238 e. The lowest BCUT2D eigenvalue weighted by Gasteiger charge is -2.13. The second kappa shape index (κ2) is 6.07. The predicted molar refractivity (Wildman–Crippen MR) is 68.1 cm³/mol. The molecule has 0 saturated heterocycles. The van der Waals surface area contributed by atoms with Crippen LogP contribution in [0, 0.1) is 0 Å². The van der Waals surface area contributed by atoms with Gasteiger partial charge in [0, 0.05) is 12.1 Å². The van der Waals surface area contributed by atoms with Crippen molar-refractivity contribution in [2.45, 2.75) is 20.0 Å². The monoisotopic (exact) mass is 278 g/mol. The van der Waals surface area contributed by atoms with Gasteiger partial charge in [0.05, 0.1) is 11.9 Å². The summed E-state index contributed by atoms with van der Waals surface area (Å²) in [5.41, 5.74) is 0.325. The van der Waals surface area contributed by atoms with E-state index in [1.54, 1.807) is 12.1 Å². The number of rotatable bonds is 6. The van der Waals surface area contributed by atoms with Gasteiger partial charge >= 0.3 is 0 Å². The summed E-state index contributed by atoms with van der Waals surface area (Å²) in [7, 11) is -3.44. The maximum absolute atomic E-state index is 11.6. The summed E-state index contributed by atoms with van der Waals surface area (Å²) in [6.45, 7) is 3.68. The highest BCUT2D eigenvalue weighted by molar-refractivity contribution is 7.92. The molecule has 0 radical (unpaired) electrons. The molecule has 0 atom stereocenters. The van der Waals surface area contributed by atoms with E-state index in [0.29, 0.717) is 5.69 Å². The van der Waals surface area contributed by atoms with E-state index in [0.717, 1.165) is 0 Å². The zero-order valence-electron chi connectivity index (χ0n) is 9.68. The Morgan fingerprint density at radius 1 is 1.53 bits per heavy atom. The first-order valence-electron chi connectivity index (χ1n) is 5.13. The molecule has 0 spiro atoms. The third kappa shape index (κ3) is 4.79. The fourth-order valence-corrected chi connectivity index (χ4v) is 2.51. The molecule has 0 amide bonds. The van der Waals surface area contributed by atoms with Gasteiger partial charge < -0.3 is 4.74 Å². The van der Waals surface area contributed by atoms with Crippen molar-refractivity contribution in [2.75, 3.05) is 16.4 Å². The summed E-state index contributed by atoms with van der Waals surface area (Å²) in [6.07, 6.45) is 1.46. The first-order valence-corrected chi connectivity index (χ1v) is 7.31. The molecule has 0 aliphatic carbocycles. The SMILES string of the molecule is CC(C)Oc1ncccc1NS(=O)(=O)CCCl. The number of anilines is 1. The van der Waals surface area contributed by atoms with Gasteiger partial charge in [0.2, 0.25) is 15.9 Å². The average molecular weight is 279 g/mol. The van der Waals surface area contributed by atoms with Crippen LogP contribution in [0.25, 0.3) is 0 Å². The van der Waals surface area contributed by atoms with E-state index in [9.17, 15) is 8.42 Å². The third-order valence-electron chi connectivity index (χ3n) is 1.73. The van der Waals surface area contributed by atoms with Crippen LogP contribution in [-0.4, -0.2) is 31.1 Å². The smallest absolute Gasteiger partial charge is 0.238 e. The van der Waals surface area contributed by atoms with Crippen molar-refractivity contribution >= 4 is 27.3 Å². The van der Waals surface area contributed by atoms with E-state index in [1.165, 1.54) is 6.20 Å². The molecule has 0 unspecified atom stereocenters. The van der Waals surface area contributed by atoms with Gasteiger partial charge in [-0.2, -0.15) is 0 Å². The summed E-state index contributed by atoms with van der Waals surface area (Å²) in [5.74, 6) is 0.154. The van der Waals surface area contributed by atoms with Gasteiger partial charge in [0.15, 0.2) is 0 Å². The van der Waals surface area contributed by atoms with E-state index in [-0.39, 0.29) is 23.6 Å². The Balaban J connectivity index is 2.90. The van der Waals surface area contributed by atoms with Gasteiger partial charge in [0.1, 0.15) is 5.69 Å². The van der Waals surface area contributed by atoms with E-state index in [1.807, 2.05) is 13.8 Å². The highest BCUT2D eigenvalue weighted by Crippen LogP contribution is 2.22. The van der Waals surface area contributed by atoms with Gasteiger partial charge in [-0.1, -0.05) is 0 Å². The topological polar surface area (TPSA) is 68.3 Å². The number of pyridine rings is 1. The summed E-state index contributed by atoms with van der Waals surface area (Å²) in [4.78, 5) is 3.98. The molecule has 5 nitrogen and oxygen atoms in total. The van der Waals surface area contributed by atoms with Gasteiger partial charge in [-0.25, -0.2) is 13.4 Å². The number of hydrogen-bond acceptors (Lipinski definition) is 4. The normalized spacial score (nSPS) is 11.5. The number of halogens is 1. The van der Waals surface area contributed by atoms with Crippen LogP contribution in [0.4, 0.5) is 5.69 Å². The zero-order chi connectivity index (χ0) is 12.9. The number of hydrogen-bond donors (Lipinski definition) is 1. The van der Waals surface area contributed by atoms with Crippen LogP contribution in [0.3, 0.4) is 0 Å². The second-order valence-electron chi connectivity index (χ2n) is 3.63. The molecule has 7 heteroatoms. The van der Waals surface area contributed by atoms with Gasteiger partial charge in [-0.05, 0) is 26.0 Å². The molecule has 0 aliphatic rings. The minimum Gasteiger partial charge on any atom is -0.473 e. The van der Waals surface area contributed by atoms with Crippen molar-refractivity contribution in [3.63, 3.8) is 0 Å². The molecule has 1 N–H and O–H groups in total. The maximum atomic E-state index is 11.6. The number of nitrogens with one attached hydrogen (secondary N) is 1. The molecule has 0 aliphatic heterocycles. The lowest BCUT2D eigenvalue weighted by Crippen LogP contribution is -2.19. The number of alkyl halides is 1. The largest absolute Gasteiger partial charge is 0.473 e. The minimum absolute atomic E-state index is 0.0377. The van der Waals surface area contributed by atoms with Crippen molar-refractivity contribution in [3.8, 4) is 5.88 Å². The molecule has 1 heterocycles. The van der Waals surface area contributed by atoms with E-state index < -0.39 is 10.0 Å². The van der Waals surface area contributed by atoms with Crippen molar-refractivity contribution < 1.29 is 13.2 Å². The molecule has 0 fully saturated rings. The summed E-state index contributed by atoms with van der Waals surface area (Å²) < 4.78 is 30.9. The number of aromatic nitrogens is 1. The van der Waals surface area contributed by atoms with E-state index in [2.05, 4.69) is 9.71 Å². The molecule has 1 aromatic rings. The molecule has 0 saturated carbocycles. The first-order chi connectivity index (χ1) is 7.94. The highest BCUT2D eigenvalue weighted by atomic mass is 35.5. The van der Waals surface area contributed by atoms with Crippen molar-refractivity contribution in [1.29, 1.82) is 0 Å². The van der Waals surface area contributed by atoms with Crippen LogP contribution in [0.2, 0.25) is 0 Å². The Labute approximate surface area is 106 Å². The molecule has 0 aromatic carbocycles. The number of sulfonamides is 1. The van der Waals surface area contributed by atoms with E-state index >= 15 is 0 Å². The minimum atomic E-state index is -3.44. The molecule has 1 aromatic heterocycles. The van der Waals surface area contributed by atoms with Crippen LogP contribution in [0.15, 0.2) is 18.3 Å². The van der Waals surface area contributed by atoms with Crippen LogP contribution in [0.5, 0.6) is 5.88 Å². The molecule has 17 heavy (non-hydrogen) atoms. The fraction of sp³-hybridized carbons (Fsp3) is 0.500. The molecular weight excluding hydrogens is 264 g/mol. The first kappa shape index (κ1) is 14.1. The molecule has 1 rings (SSSR count). The average Bonchev–Trinajstić information content (AvgIpc) is 2.19. The molecule has 96 valence electrons. The quantitative estimate of drug-likeness (QED) is 0.807.